The Labute approximate surface area is 109 Å². The van der Waals surface area contributed by atoms with Crippen molar-refractivity contribution >= 4 is 34.2 Å². The van der Waals surface area contributed by atoms with E-state index in [-0.39, 0.29) is 21.7 Å². The molecule has 0 saturated heterocycles. The van der Waals surface area contributed by atoms with Crippen LogP contribution >= 0.6 is 34.2 Å². The summed E-state index contributed by atoms with van der Waals surface area (Å²) >= 11 is 7.40. The van der Waals surface area contributed by atoms with Crippen molar-refractivity contribution in [2.24, 2.45) is 0 Å². The lowest BCUT2D eigenvalue weighted by Crippen LogP contribution is -2.12. The minimum Gasteiger partial charge on any atom is -0.192 e. The monoisotopic (exact) mass is 359 g/mol. The number of halogens is 5. The van der Waals surface area contributed by atoms with Crippen molar-refractivity contribution in [3.05, 3.63) is 30.8 Å². The highest BCUT2D eigenvalue weighted by molar-refractivity contribution is 14.1. The second-order valence-electron chi connectivity index (χ2n) is 3.24. The molecule has 0 aliphatic carbocycles. The Hall–Kier alpha value is -0.480. The van der Waals surface area contributed by atoms with Gasteiger partial charge in [0, 0.05) is 3.57 Å². The topological polar surface area (TPSA) is 23.8 Å². The molecule has 1 aromatic carbocycles. The van der Waals surface area contributed by atoms with Gasteiger partial charge in [0.25, 0.3) is 0 Å². The highest BCUT2D eigenvalue weighted by Crippen LogP contribution is 2.41. The Morgan fingerprint density at radius 3 is 2.12 bits per heavy atom. The number of rotatable bonds is 0. The first-order valence-electron chi connectivity index (χ1n) is 4.17. The molecular weight excluding hydrogens is 353 g/mol. The fourth-order valence-corrected chi connectivity index (χ4v) is 2.53. The average molecular weight is 360 g/mol. The van der Waals surface area contributed by atoms with Gasteiger partial charge < -0.3 is 0 Å². The molecule has 1 nitrogen and oxygen atoms in total. The van der Waals surface area contributed by atoms with Gasteiger partial charge in [-0.1, -0.05) is 11.6 Å². The molecule has 6 heteroatoms. The normalized spacial score (nSPS) is 11.4. The minimum atomic E-state index is -4.50. The fourth-order valence-electron chi connectivity index (χ4n) is 1.39. The van der Waals surface area contributed by atoms with Crippen LogP contribution in [0, 0.1) is 28.7 Å². The molecule has 0 aromatic heterocycles. The van der Waals surface area contributed by atoms with Crippen LogP contribution in [0.5, 0.6) is 0 Å². The Morgan fingerprint density at radius 2 is 1.75 bits per heavy atom. The molecule has 16 heavy (non-hydrogen) atoms. The first-order chi connectivity index (χ1) is 7.21. The maximum absolute atomic E-state index is 12.7. The zero-order valence-electron chi connectivity index (χ0n) is 8.34. The SMILES string of the molecule is Cc1c(Cl)c(C(F)(F)F)c(C)c(I)c1C#N. The molecule has 1 aromatic rings. The molecule has 0 saturated carbocycles. The van der Waals surface area contributed by atoms with Crippen molar-refractivity contribution in [2.75, 3.05) is 0 Å². The summed E-state index contributed by atoms with van der Waals surface area (Å²) in [5, 5.41) is 8.46. The predicted octanol–water partition coefficient (Wildman–Crippen LogP) is 4.45. The summed E-state index contributed by atoms with van der Waals surface area (Å²) in [6.45, 7) is 2.73. The van der Waals surface area contributed by atoms with Gasteiger partial charge in [-0.2, -0.15) is 18.4 Å². The van der Waals surface area contributed by atoms with Gasteiger partial charge in [0.05, 0.1) is 16.1 Å². The predicted molar refractivity (Wildman–Crippen MR) is 63.4 cm³/mol. The lowest BCUT2D eigenvalue weighted by molar-refractivity contribution is -0.138. The van der Waals surface area contributed by atoms with Gasteiger partial charge in [-0.05, 0) is 47.6 Å². The number of hydrogen-bond donors (Lipinski definition) is 0. The zero-order chi connectivity index (χ0) is 12.7. The van der Waals surface area contributed by atoms with E-state index in [1.807, 2.05) is 6.07 Å². The summed E-state index contributed by atoms with van der Waals surface area (Å²) < 4.78 is 38.5. The molecule has 0 aliphatic rings. The quantitative estimate of drug-likeness (QED) is 0.628. The third-order valence-corrected chi connectivity index (χ3v) is 4.06. The van der Waals surface area contributed by atoms with Crippen molar-refractivity contribution in [1.29, 1.82) is 5.26 Å². The summed E-state index contributed by atoms with van der Waals surface area (Å²) in [7, 11) is 0. The van der Waals surface area contributed by atoms with Crippen LogP contribution in [0.3, 0.4) is 0 Å². The highest BCUT2D eigenvalue weighted by atomic mass is 127. The maximum atomic E-state index is 12.7. The van der Waals surface area contributed by atoms with Gasteiger partial charge in [-0.15, -0.1) is 0 Å². The number of benzene rings is 1. The van der Waals surface area contributed by atoms with Crippen molar-refractivity contribution in [3.63, 3.8) is 0 Å². The van der Waals surface area contributed by atoms with E-state index in [0.29, 0.717) is 3.57 Å². The van der Waals surface area contributed by atoms with Gasteiger partial charge in [-0.3, -0.25) is 0 Å². The van der Waals surface area contributed by atoms with Crippen molar-refractivity contribution in [1.82, 2.24) is 0 Å². The molecule has 0 atom stereocenters. The van der Waals surface area contributed by atoms with Crippen LogP contribution < -0.4 is 0 Å². The Morgan fingerprint density at radius 1 is 1.25 bits per heavy atom. The molecular formula is C10H6ClF3IN. The molecule has 0 radical (unpaired) electrons. The molecule has 0 bridgehead atoms. The van der Waals surface area contributed by atoms with Crippen molar-refractivity contribution in [3.8, 4) is 6.07 Å². The van der Waals surface area contributed by atoms with Crippen LogP contribution in [0.4, 0.5) is 13.2 Å². The van der Waals surface area contributed by atoms with Gasteiger partial charge in [-0.25, -0.2) is 0 Å². The molecule has 0 unspecified atom stereocenters. The lowest BCUT2D eigenvalue weighted by Gasteiger charge is -2.17. The molecule has 1 rings (SSSR count). The van der Waals surface area contributed by atoms with Crippen LogP contribution in [0.1, 0.15) is 22.3 Å². The van der Waals surface area contributed by atoms with Crippen LogP contribution in [-0.4, -0.2) is 0 Å². The van der Waals surface area contributed by atoms with E-state index >= 15 is 0 Å². The smallest absolute Gasteiger partial charge is 0.192 e. The van der Waals surface area contributed by atoms with Crippen LogP contribution in [-0.2, 0) is 6.18 Å². The van der Waals surface area contributed by atoms with Gasteiger partial charge in [0.2, 0.25) is 0 Å². The number of nitrogens with zero attached hydrogens (tertiary/aromatic N) is 1. The Balaban J connectivity index is 3.76. The third-order valence-electron chi connectivity index (χ3n) is 2.24. The molecule has 0 spiro atoms. The van der Waals surface area contributed by atoms with Gasteiger partial charge >= 0.3 is 6.18 Å². The highest BCUT2D eigenvalue weighted by Gasteiger charge is 2.37. The minimum absolute atomic E-state index is 0.000231. The molecule has 0 N–H and O–H groups in total. The molecule has 0 amide bonds. The van der Waals surface area contributed by atoms with E-state index < -0.39 is 11.7 Å². The number of nitriles is 1. The fraction of sp³-hybridized carbons (Fsp3) is 0.300. The summed E-state index contributed by atoms with van der Waals surface area (Å²) in [5.41, 5.74) is -0.474. The van der Waals surface area contributed by atoms with Gasteiger partial charge in [0.1, 0.15) is 6.07 Å². The van der Waals surface area contributed by atoms with E-state index in [2.05, 4.69) is 0 Å². The maximum Gasteiger partial charge on any atom is 0.418 e. The van der Waals surface area contributed by atoms with Crippen molar-refractivity contribution < 1.29 is 13.2 Å². The van der Waals surface area contributed by atoms with Crippen LogP contribution in [0.25, 0.3) is 0 Å². The Kier molecular flexibility index (Phi) is 3.75. The largest absolute Gasteiger partial charge is 0.418 e. The molecule has 0 heterocycles. The summed E-state index contributed by atoms with van der Waals surface area (Å²) in [5.74, 6) is 0. The van der Waals surface area contributed by atoms with E-state index in [1.54, 1.807) is 22.6 Å². The van der Waals surface area contributed by atoms with E-state index in [9.17, 15) is 13.2 Å². The van der Waals surface area contributed by atoms with E-state index in [0.717, 1.165) is 0 Å². The first-order valence-corrected chi connectivity index (χ1v) is 5.63. The van der Waals surface area contributed by atoms with E-state index in [1.165, 1.54) is 13.8 Å². The zero-order valence-corrected chi connectivity index (χ0v) is 11.3. The second kappa shape index (κ2) is 4.41. The summed E-state index contributed by atoms with van der Waals surface area (Å²) in [6.07, 6.45) is -4.50. The van der Waals surface area contributed by atoms with E-state index in [4.69, 9.17) is 16.9 Å². The molecule has 0 fully saturated rings. The molecule has 86 valence electrons. The van der Waals surface area contributed by atoms with Crippen LogP contribution in [0.15, 0.2) is 0 Å². The average Bonchev–Trinajstić information content (AvgIpc) is 2.14. The lowest BCUT2D eigenvalue weighted by atomic mass is 10.00. The van der Waals surface area contributed by atoms with Crippen LogP contribution in [0.2, 0.25) is 5.02 Å². The second-order valence-corrected chi connectivity index (χ2v) is 4.69. The van der Waals surface area contributed by atoms with Gasteiger partial charge in [0.15, 0.2) is 0 Å². The van der Waals surface area contributed by atoms with Crippen molar-refractivity contribution in [2.45, 2.75) is 20.0 Å². The first kappa shape index (κ1) is 13.6. The third kappa shape index (κ3) is 2.13. The summed E-state index contributed by atoms with van der Waals surface area (Å²) in [4.78, 5) is 0. The molecule has 0 aliphatic heterocycles. The number of alkyl halides is 3. The number of hydrogen-bond acceptors (Lipinski definition) is 1. The Bertz CT molecular complexity index is 459. The standard InChI is InChI=1S/C10H6ClF3IN/c1-4-6(3-16)9(15)5(2)7(8(4)11)10(12,13)14/h1-2H3. The summed E-state index contributed by atoms with van der Waals surface area (Å²) in [6, 6.07) is 1.86.